The minimum Gasteiger partial charge on any atom is -0.494 e. The molecule has 4 N–H and O–H groups in total. The van der Waals surface area contributed by atoms with Gasteiger partial charge in [-0.2, -0.15) is 0 Å². The Morgan fingerprint density at radius 3 is 2.72 bits per heavy atom. The van der Waals surface area contributed by atoms with Gasteiger partial charge in [0.25, 0.3) is 0 Å². The van der Waals surface area contributed by atoms with Crippen molar-refractivity contribution in [2.45, 2.75) is 49.9 Å². The summed E-state index contributed by atoms with van der Waals surface area (Å²) in [5, 5.41) is 10.2. The number of nitrogen functional groups attached to an aromatic ring is 2. The van der Waals surface area contributed by atoms with Crippen LogP contribution in [0.2, 0.25) is 0 Å². The van der Waals surface area contributed by atoms with E-state index in [9.17, 15) is 0 Å². The highest BCUT2D eigenvalue weighted by Crippen LogP contribution is 2.37. The van der Waals surface area contributed by atoms with Crippen molar-refractivity contribution in [1.29, 1.82) is 0 Å². The van der Waals surface area contributed by atoms with Crippen LogP contribution in [0.1, 0.15) is 42.5 Å². The number of hydrogen-bond donors (Lipinski definition) is 2. The van der Waals surface area contributed by atoms with Crippen molar-refractivity contribution in [2.75, 3.05) is 18.2 Å². The average molecular weight is 468 g/mol. The maximum atomic E-state index is 6.37. The fourth-order valence-corrected chi connectivity index (χ4v) is 6.04. The van der Waals surface area contributed by atoms with E-state index in [2.05, 4.69) is 15.2 Å². The van der Waals surface area contributed by atoms with E-state index in [1.165, 1.54) is 46.1 Å². The molecule has 0 saturated heterocycles. The first-order valence-corrected chi connectivity index (χ1v) is 12.6. The lowest BCUT2D eigenvalue weighted by atomic mass is 10.1. The summed E-state index contributed by atoms with van der Waals surface area (Å²) in [5.74, 6) is 9.45. The molecule has 0 bridgehead atoms. The van der Waals surface area contributed by atoms with E-state index in [4.69, 9.17) is 21.3 Å². The van der Waals surface area contributed by atoms with Crippen LogP contribution in [0.25, 0.3) is 21.6 Å². The molecule has 0 spiro atoms. The number of nitrogens with zero attached hydrogens (tertiary/aromatic N) is 5. The summed E-state index contributed by atoms with van der Waals surface area (Å²) in [6.45, 7) is 2.58. The van der Waals surface area contributed by atoms with Gasteiger partial charge in [0.05, 0.1) is 17.7 Å². The van der Waals surface area contributed by atoms with E-state index in [0.717, 1.165) is 34.4 Å². The largest absolute Gasteiger partial charge is 0.494 e. The van der Waals surface area contributed by atoms with Crippen molar-refractivity contribution in [3.8, 4) is 17.1 Å². The van der Waals surface area contributed by atoms with E-state index in [-0.39, 0.29) is 0 Å². The Kier molecular flexibility index (Phi) is 5.88. The smallest absolute Gasteiger partial charge is 0.210 e. The number of anilines is 1. The van der Waals surface area contributed by atoms with Crippen LogP contribution in [0.5, 0.6) is 5.75 Å². The minimum absolute atomic E-state index is 0.515. The molecule has 0 unspecified atom stereocenters. The molecule has 5 rings (SSSR count). The molecule has 10 heteroatoms. The minimum atomic E-state index is 0.515. The summed E-state index contributed by atoms with van der Waals surface area (Å²) in [7, 11) is 0. The first kappa shape index (κ1) is 21.0. The molecule has 166 valence electrons. The Hall–Kier alpha value is -2.85. The molecule has 3 heterocycles. The lowest BCUT2D eigenvalue weighted by Crippen LogP contribution is -2.11. The van der Waals surface area contributed by atoms with Crippen molar-refractivity contribution in [3.05, 3.63) is 40.5 Å². The first-order chi connectivity index (χ1) is 15.6. The molecule has 32 heavy (non-hydrogen) atoms. The van der Waals surface area contributed by atoms with Crippen molar-refractivity contribution >= 4 is 39.1 Å². The van der Waals surface area contributed by atoms with Crippen LogP contribution in [0.3, 0.4) is 0 Å². The highest BCUT2D eigenvalue weighted by atomic mass is 32.2. The Bertz CT molecular complexity index is 1250. The highest BCUT2D eigenvalue weighted by Gasteiger charge is 2.20. The second kappa shape index (κ2) is 8.95. The summed E-state index contributed by atoms with van der Waals surface area (Å²) in [6.07, 6.45) is 5.90. The molecule has 0 radical (unpaired) electrons. The van der Waals surface area contributed by atoms with Crippen LogP contribution in [0.4, 0.5) is 5.82 Å². The second-order valence-corrected chi connectivity index (χ2v) is 9.72. The van der Waals surface area contributed by atoms with Crippen LogP contribution in [0, 0.1) is 0 Å². The number of benzene rings is 1. The summed E-state index contributed by atoms with van der Waals surface area (Å²) in [4.78, 5) is 11.8. The van der Waals surface area contributed by atoms with Crippen molar-refractivity contribution in [1.82, 2.24) is 24.8 Å². The Morgan fingerprint density at radius 1 is 1.09 bits per heavy atom. The summed E-state index contributed by atoms with van der Waals surface area (Å²) in [5.41, 5.74) is 8.60. The number of thiophene rings is 1. The monoisotopic (exact) mass is 467 g/mol. The summed E-state index contributed by atoms with van der Waals surface area (Å²) in [6, 6.07) is 7.64. The van der Waals surface area contributed by atoms with Gasteiger partial charge in [-0.3, -0.25) is 0 Å². The Labute approximate surface area is 194 Å². The van der Waals surface area contributed by atoms with Gasteiger partial charge in [-0.25, -0.2) is 14.6 Å². The molecule has 0 aliphatic heterocycles. The third-order valence-electron chi connectivity index (χ3n) is 5.56. The molecule has 0 atom stereocenters. The fourth-order valence-electron chi connectivity index (χ4n) is 4.04. The maximum Gasteiger partial charge on any atom is 0.210 e. The molecule has 1 aliphatic carbocycles. The van der Waals surface area contributed by atoms with Gasteiger partial charge >= 0.3 is 0 Å². The van der Waals surface area contributed by atoms with Crippen molar-refractivity contribution < 1.29 is 4.74 Å². The van der Waals surface area contributed by atoms with E-state index in [0.29, 0.717) is 35.0 Å². The number of thioether (sulfide) groups is 1. The Balaban J connectivity index is 1.35. The van der Waals surface area contributed by atoms with E-state index >= 15 is 0 Å². The maximum absolute atomic E-state index is 6.37. The summed E-state index contributed by atoms with van der Waals surface area (Å²) >= 11 is 3.21. The molecule has 1 aromatic carbocycles. The lowest BCUT2D eigenvalue weighted by Gasteiger charge is -2.06. The van der Waals surface area contributed by atoms with Gasteiger partial charge in [-0.1, -0.05) is 18.2 Å². The molecule has 0 fully saturated rings. The van der Waals surface area contributed by atoms with Gasteiger partial charge in [0.15, 0.2) is 5.82 Å². The van der Waals surface area contributed by atoms with Crippen LogP contribution >= 0.6 is 23.1 Å². The first-order valence-electron chi connectivity index (χ1n) is 10.8. The van der Waals surface area contributed by atoms with E-state index in [1.807, 2.05) is 31.2 Å². The van der Waals surface area contributed by atoms with E-state index < -0.39 is 0 Å². The zero-order chi connectivity index (χ0) is 22.1. The van der Waals surface area contributed by atoms with Gasteiger partial charge in [-0.05, 0) is 62.4 Å². The quantitative estimate of drug-likeness (QED) is 0.246. The molecule has 8 nitrogen and oxygen atoms in total. The topological polar surface area (TPSA) is 118 Å². The molecule has 3 aromatic heterocycles. The van der Waals surface area contributed by atoms with Gasteiger partial charge in [0.1, 0.15) is 22.2 Å². The third-order valence-corrected chi connectivity index (χ3v) is 7.68. The number of fused-ring (bicyclic) bond motifs is 3. The molecule has 1 aliphatic rings. The standard InChI is InChI=1S/C22H25N7OS2/c1-2-30-14-10-8-13(9-11-14)20-27-28-22(29(20)24)31-12-17-25-19(23)18-15-6-4-3-5-7-16(15)32-21(18)26-17/h8-11H,2-7,12,24H2,1H3,(H2,23,25,26). The zero-order valence-electron chi connectivity index (χ0n) is 17.9. The molecular formula is C22H25N7OS2. The summed E-state index contributed by atoms with van der Waals surface area (Å²) < 4.78 is 6.99. The van der Waals surface area contributed by atoms with E-state index in [1.54, 1.807) is 11.3 Å². The number of aryl methyl sites for hydroxylation is 2. The normalized spacial score (nSPS) is 13.8. The average Bonchev–Trinajstić information content (AvgIpc) is 3.24. The lowest BCUT2D eigenvalue weighted by molar-refractivity contribution is 0.340. The van der Waals surface area contributed by atoms with Crippen LogP contribution in [0.15, 0.2) is 29.4 Å². The molecular weight excluding hydrogens is 442 g/mol. The van der Waals surface area contributed by atoms with Crippen molar-refractivity contribution in [2.24, 2.45) is 0 Å². The highest BCUT2D eigenvalue weighted by molar-refractivity contribution is 7.98. The second-order valence-electron chi connectivity index (χ2n) is 7.69. The number of nitrogens with two attached hydrogens (primary N) is 2. The zero-order valence-corrected chi connectivity index (χ0v) is 19.5. The van der Waals surface area contributed by atoms with Crippen LogP contribution < -0.4 is 16.3 Å². The predicted octanol–water partition coefficient (Wildman–Crippen LogP) is 4.21. The predicted molar refractivity (Wildman–Crippen MR) is 129 cm³/mol. The number of hydrogen-bond acceptors (Lipinski definition) is 9. The van der Waals surface area contributed by atoms with Crippen LogP contribution in [-0.4, -0.2) is 31.4 Å². The SMILES string of the molecule is CCOc1ccc(-c2nnc(SCc3nc(N)c4c5c(sc4n3)CCCCC5)n2N)cc1. The molecule has 4 aromatic rings. The van der Waals surface area contributed by atoms with Gasteiger partial charge in [0, 0.05) is 10.4 Å². The fraction of sp³-hybridized carbons (Fsp3) is 0.364. The van der Waals surface area contributed by atoms with Gasteiger partial charge in [0.2, 0.25) is 5.16 Å². The van der Waals surface area contributed by atoms with Crippen LogP contribution in [-0.2, 0) is 18.6 Å². The third kappa shape index (κ3) is 4.00. The number of ether oxygens (including phenoxy) is 1. The molecule has 0 saturated carbocycles. The van der Waals surface area contributed by atoms with Gasteiger partial charge in [-0.15, -0.1) is 21.5 Å². The Morgan fingerprint density at radius 2 is 1.91 bits per heavy atom. The molecule has 0 amide bonds. The van der Waals surface area contributed by atoms with Crippen molar-refractivity contribution in [3.63, 3.8) is 0 Å². The van der Waals surface area contributed by atoms with Gasteiger partial charge < -0.3 is 16.3 Å². The number of rotatable bonds is 6. The number of aromatic nitrogens is 5.